The molecule has 0 saturated heterocycles. The summed E-state index contributed by atoms with van der Waals surface area (Å²) in [5, 5.41) is 23.9. The molecule has 0 aliphatic carbocycles. The molecule has 0 atom stereocenters. The number of non-ortho nitro benzene ring substituents is 1. The zero-order valence-electron chi connectivity index (χ0n) is 11.4. The number of nitro groups is 1. The third-order valence-electron chi connectivity index (χ3n) is 3.27. The van der Waals surface area contributed by atoms with Crippen LogP contribution < -0.4 is 16.0 Å². The lowest BCUT2D eigenvalue weighted by atomic mass is 10.1. The van der Waals surface area contributed by atoms with Crippen molar-refractivity contribution in [2.24, 2.45) is 0 Å². The second kappa shape index (κ2) is 5.61. The predicted octanol–water partition coefficient (Wildman–Crippen LogP) is 3.26. The maximum atomic E-state index is 11.5. The lowest BCUT2D eigenvalue weighted by Crippen LogP contribution is -2.08. The van der Waals surface area contributed by atoms with Gasteiger partial charge in [0, 0.05) is 17.5 Å². The van der Waals surface area contributed by atoms with Gasteiger partial charge in [0.05, 0.1) is 16.3 Å². The Hall–Kier alpha value is -3.28. The van der Waals surface area contributed by atoms with E-state index in [4.69, 9.17) is 0 Å². The minimum Gasteiger partial charge on any atom is -0.872 e. The highest BCUT2D eigenvalue weighted by Crippen LogP contribution is 2.26. The van der Waals surface area contributed by atoms with Crippen LogP contribution in [0.15, 0.2) is 60.7 Å². The number of nitrogens with one attached hydrogen (secondary N) is 2. The van der Waals surface area contributed by atoms with Crippen molar-refractivity contribution in [3.05, 3.63) is 70.8 Å². The Labute approximate surface area is 126 Å². The summed E-state index contributed by atoms with van der Waals surface area (Å²) in [5.41, 5.74) is 7.46. The fourth-order valence-electron chi connectivity index (χ4n) is 2.17. The number of benzene rings is 3. The van der Waals surface area contributed by atoms with Crippen molar-refractivity contribution in [3.8, 4) is 5.75 Å². The van der Waals surface area contributed by atoms with E-state index in [0.29, 0.717) is 5.69 Å². The van der Waals surface area contributed by atoms with Crippen LogP contribution in [0, 0.1) is 10.1 Å². The molecule has 2 N–H and O–H groups in total. The molecule has 0 radical (unpaired) electrons. The third-order valence-corrected chi connectivity index (χ3v) is 3.27. The van der Waals surface area contributed by atoms with Crippen molar-refractivity contribution in [1.82, 2.24) is 0 Å². The number of hydrogen-bond donors (Lipinski definition) is 2. The number of hydrazine groups is 1. The van der Waals surface area contributed by atoms with Crippen LogP contribution in [0.2, 0.25) is 0 Å². The van der Waals surface area contributed by atoms with Crippen LogP contribution in [0.25, 0.3) is 10.8 Å². The number of fused-ring (bicyclic) bond motifs is 1. The van der Waals surface area contributed by atoms with Crippen LogP contribution in [0.4, 0.5) is 17.1 Å². The molecular formula is C16H12N3O3-. The number of hydrogen-bond acceptors (Lipinski definition) is 5. The highest BCUT2D eigenvalue weighted by atomic mass is 16.6. The van der Waals surface area contributed by atoms with Gasteiger partial charge in [-0.25, -0.2) is 0 Å². The van der Waals surface area contributed by atoms with E-state index in [9.17, 15) is 15.2 Å². The highest BCUT2D eigenvalue weighted by molar-refractivity contribution is 5.95. The fraction of sp³-hybridized carbons (Fsp3) is 0. The molecule has 0 aliphatic rings. The quantitative estimate of drug-likeness (QED) is 0.569. The predicted molar refractivity (Wildman–Crippen MR) is 83.7 cm³/mol. The topological polar surface area (TPSA) is 90.3 Å². The Bertz CT molecular complexity index is 832. The van der Waals surface area contributed by atoms with E-state index < -0.39 is 4.92 Å². The summed E-state index contributed by atoms with van der Waals surface area (Å²) < 4.78 is 0. The van der Waals surface area contributed by atoms with Crippen LogP contribution in [0.3, 0.4) is 0 Å². The van der Waals surface area contributed by atoms with Gasteiger partial charge in [0.2, 0.25) is 0 Å². The first-order valence-corrected chi connectivity index (χ1v) is 6.60. The average Bonchev–Trinajstić information content (AvgIpc) is 2.53. The maximum absolute atomic E-state index is 11.5. The molecule has 0 saturated carbocycles. The first-order valence-electron chi connectivity index (χ1n) is 6.60. The van der Waals surface area contributed by atoms with Crippen molar-refractivity contribution in [2.45, 2.75) is 0 Å². The summed E-state index contributed by atoms with van der Waals surface area (Å²) in [4.78, 5) is 10.2. The molecule has 6 nitrogen and oxygen atoms in total. The zero-order valence-corrected chi connectivity index (χ0v) is 11.4. The van der Waals surface area contributed by atoms with Crippen LogP contribution in [-0.4, -0.2) is 4.92 Å². The summed E-state index contributed by atoms with van der Waals surface area (Å²) in [6.07, 6.45) is 0. The van der Waals surface area contributed by atoms with Crippen LogP contribution >= 0.6 is 0 Å². The maximum Gasteiger partial charge on any atom is 0.269 e. The smallest absolute Gasteiger partial charge is 0.269 e. The van der Waals surface area contributed by atoms with Crippen molar-refractivity contribution < 1.29 is 10.0 Å². The van der Waals surface area contributed by atoms with Gasteiger partial charge in [-0.05, 0) is 23.6 Å². The summed E-state index contributed by atoms with van der Waals surface area (Å²) in [5.74, 6) is -0.0583. The molecule has 0 fully saturated rings. The molecule has 22 heavy (non-hydrogen) atoms. The summed E-state index contributed by atoms with van der Waals surface area (Å²) in [6, 6.07) is 16.6. The van der Waals surface area contributed by atoms with E-state index in [1.807, 2.05) is 18.2 Å². The molecular weight excluding hydrogens is 282 g/mol. The van der Waals surface area contributed by atoms with Crippen LogP contribution in [0.5, 0.6) is 5.75 Å². The van der Waals surface area contributed by atoms with Gasteiger partial charge in [-0.3, -0.25) is 10.1 Å². The van der Waals surface area contributed by atoms with Gasteiger partial charge in [0.1, 0.15) is 0 Å². The molecule has 3 rings (SSSR count). The monoisotopic (exact) mass is 294 g/mol. The second-order valence-electron chi connectivity index (χ2n) is 4.74. The van der Waals surface area contributed by atoms with Gasteiger partial charge >= 0.3 is 0 Å². The molecule has 6 heteroatoms. The lowest BCUT2D eigenvalue weighted by Gasteiger charge is -2.14. The van der Waals surface area contributed by atoms with E-state index in [-0.39, 0.29) is 11.4 Å². The molecule has 0 amide bonds. The van der Waals surface area contributed by atoms with Crippen molar-refractivity contribution in [1.29, 1.82) is 0 Å². The number of anilines is 2. The van der Waals surface area contributed by atoms with E-state index in [1.165, 1.54) is 18.2 Å². The van der Waals surface area contributed by atoms with E-state index in [2.05, 4.69) is 10.9 Å². The Morgan fingerprint density at radius 2 is 1.68 bits per heavy atom. The van der Waals surface area contributed by atoms with Crippen LogP contribution in [0.1, 0.15) is 0 Å². The number of rotatable bonds is 4. The highest BCUT2D eigenvalue weighted by Gasteiger charge is 2.04. The van der Waals surface area contributed by atoms with E-state index in [0.717, 1.165) is 16.5 Å². The van der Waals surface area contributed by atoms with Gasteiger partial charge in [-0.1, -0.05) is 30.3 Å². The first kappa shape index (κ1) is 13.7. The molecule has 0 aliphatic heterocycles. The molecule has 110 valence electrons. The van der Waals surface area contributed by atoms with Crippen molar-refractivity contribution in [3.63, 3.8) is 0 Å². The normalized spacial score (nSPS) is 10.4. The van der Waals surface area contributed by atoms with Gasteiger partial charge in [0.25, 0.3) is 5.69 Å². The Kier molecular flexibility index (Phi) is 3.49. The van der Waals surface area contributed by atoms with Crippen molar-refractivity contribution in [2.75, 3.05) is 10.9 Å². The number of nitrogens with zero attached hydrogens (tertiary/aromatic N) is 1. The van der Waals surface area contributed by atoms with Crippen LogP contribution in [-0.2, 0) is 0 Å². The Balaban J connectivity index is 1.81. The first-order chi connectivity index (χ1) is 10.6. The van der Waals surface area contributed by atoms with Gasteiger partial charge in [-0.15, -0.1) is 5.75 Å². The van der Waals surface area contributed by atoms with Gasteiger partial charge in [0.15, 0.2) is 0 Å². The van der Waals surface area contributed by atoms with Gasteiger partial charge < -0.3 is 16.0 Å². The SMILES string of the molecule is O=[N+]([O-])c1ccc(NNc2cccc3ccc([O-])cc23)cc1. The minimum atomic E-state index is -0.447. The van der Waals surface area contributed by atoms with Gasteiger partial charge in [-0.2, -0.15) is 0 Å². The van der Waals surface area contributed by atoms with E-state index >= 15 is 0 Å². The number of nitro benzene ring substituents is 1. The second-order valence-corrected chi connectivity index (χ2v) is 4.74. The molecule has 3 aromatic rings. The molecule has 0 unspecified atom stereocenters. The minimum absolute atomic E-state index is 0.0340. The Morgan fingerprint density at radius 3 is 2.41 bits per heavy atom. The summed E-state index contributed by atoms with van der Waals surface area (Å²) in [7, 11) is 0. The molecule has 0 bridgehead atoms. The van der Waals surface area contributed by atoms with E-state index in [1.54, 1.807) is 24.3 Å². The lowest BCUT2D eigenvalue weighted by molar-refractivity contribution is -0.384. The molecule has 0 heterocycles. The Morgan fingerprint density at radius 1 is 0.909 bits per heavy atom. The largest absolute Gasteiger partial charge is 0.872 e. The summed E-state index contributed by atoms with van der Waals surface area (Å²) in [6.45, 7) is 0. The fourth-order valence-corrected chi connectivity index (χ4v) is 2.17. The third kappa shape index (κ3) is 2.76. The average molecular weight is 294 g/mol. The zero-order chi connectivity index (χ0) is 15.5. The molecule has 0 spiro atoms. The molecule has 3 aromatic carbocycles. The van der Waals surface area contributed by atoms with Crippen molar-refractivity contribution >= 4 is 27.8 Å². The summed E-state index contributed by atoms with van der Waals surface area (Å²) >= 11 is 0. The molecule has 0 aromatic heterocycles. The standard InChI is InChI=1S/C16H13N3O3/c20-14-9-4-11-2-1-3-16(15(11)10-14)18-17-12-5-7-13(8-6-12)19(21)22/h1-10,17-18,20H/p-1.